The van der Waals surface area contributed by atoms with E-state index in [9.17, 15) is 9.59 Å². The molecule has 1 aliphatic rings. The number of anilines is 1. The van der Waals surface area contributed by atoms with E-state index in [1.165, 1.54) is 0 Å². The molecule has 1 heterocycles. The molecular formula is C23H28N4O2. The van der Waals surface area contributed by atoms with E-state index in [4.69, 9.17) is 0 Å². The van der Waals surface area contributed by atoms with Gasteiger partial charge < -0.3 is 15.5 Å². The fraction of sp³-hybridized carbons (Fsp3) is 0.304. The standard InChI is InChI=1S/C23H28N4O2/c1-26-12-14-27(15-13-26)18-20(16-19-8-4-2-5-9-19)23(29)24-17-22(28)25-21-10-6-3-7-11-21/h2-11,16H,12-15,17-18H2,1H3,(H,24,29)(H,25,28)/b20-16+. The van der Waals surface area contributed by atoms with Crippen molar-refractivity contribution in [1.82, 2.24) is 15.1 Å². The molecule has 3 rings (SSSR count). The number of hydrogen-bond acceptors (Lipinski definition) is 4. The first-order valence-electron chi connectivity index (χ1n) is 9.90. The molecule has 0 atom stereocenters. The molecule has 0 unspecified atom stereocenters. The molecule has 2 amide bonds. The molecule has 0 spiro atoms. The van der Waals surface area contributed by atoms with Crippen LogP contribution in [0.25, 0.3) is 6.08 Å². The number of para-hydroxylation sites is 1. The molecule has 1 aliphatic heterocycles. The Kier molecular flexibility index (Phi) is 7.55. The van der Waals surface area contributed by atoms with Gasteiger partial charge in [0, 0.05) is 44.0 Å². The minimum atomic E-state index is -0.247. The number of piperazine rings is 1. The number of hydrogen-bond donors (Lipinski definition) is 2. The van der Waals surface area contributed by atoms with Gasteiger partial charge in [-0.25, -0.2) is 0 Å². The van der Waals surface area contributed by atoms with Crippen molar-refractivity contribution >= 4 is 23.6 Å². The van der Waals surface area contributed by atoms with Crippen LogP contribution in [0.3, 0.4) is 0 Å². The van der Waals surface area contributed by atoms with Crippen molar-refractivity contribution in [2.24, 2.45) is 0 Å². The van der Waals surface area contributed by atoms with Crippen LogP contribution in [0.2, 0.25) is 0 Å². The van der Waals surface area contributed by atoms with Gasteiger partial charge in [-0.1, -0.05) is 48.5 Å². The highest BCUT2D eigenvalue weighted by Crippen LogP contribution is 2.11. The Morgan fingerprint density at radius 3 is 2.21 bits per heavy atom. The maximum Gasteiger partial charge on any atom is 0.248 e. The highest BCUT2D eigenvalue weighted by Gasteiger charge is 2.19. The predicted molar refractivity (Wildman–Crippen MR) is 116 cm³/mol. The van der Waals surface area contributed by atoms with Crippen molar-refractivity contribution in [1.29, 1.82) is 0 Å². The molecule has 6 nitrogen and oxygen atoms in total. The van der Waals surface area contributed by atoms with Crippen LogP contribution in [0.1, 0.15) is 5.56 Å². The van der Waals surface area contributed by atoms with Gasteiger partial charge in [0.2, 0.25) is 11.8 Å². The van der Waals surface area contributed by atoms with Crippen molar-refractivity contribution in [2.45, 2.75) is 0 Å². The number of nitrogens with zero attached hydrogens (tertiary/aromatic N) is 2. The number of nitrogens with one attached hydrogen (secondary N) is 2. The summed E-state index contributed by atoms with van der Waals surface area (Å²) in [5.74, 6) is -0.459. The Hall–Kier alpha value is -2.96. The zero-order valence-corrected chi connectivity index (χ0v) is 16.8. The topological polar surface area (TPSA) is 64.7 Å². The van der Waals surface area contributed by atoms with Crippen molar-refractivity contribution in [3.63, 3.8) is 0 Å². The summed E-state index contributed by atoms with van der Waals surface area (Å²) in [5, 5.41) is 5.55. The van der Waals surface area contributed by atoms with E-state index < -0.39 is 0 Å². The summed E-state index contributed by atoms with van der Waals surface area (Å²) in [5.41, 5.74) is 2.35. The molecule has 2 N–H and O–H groups in total. The van der Waals surface area contributed by atoms with Crippen LogP contribution >= 0.6 is 0 Å². The fourth-order valence-electron chi connectivity index (χ4n) is 3.18. The van der Waals surface area contributed by atoms with E-state index in [0.717, 1.165) is 31.7 Å². The molecule has 1 fully saturated rings. The number of likely N-dealkylation sites (N-methyl/N-ethyl adjacent to an activating group) is 1. The summed E-state index contributed by atoms with van der Waals surface area (Å²) < 4.78 is 0. The summed E-state index contributed by atoms with van der Waals surface area (Å²) in [4.78, 5) is 29.6. The van der Waals surface area contributed by atoms with Crippen LogP contribution in [0, 0.1) is 0 Å². The Bertz CT molecular complexity index is 828. The normalized spacial score (nSPS) is 15.7. The summed E-state index contributed by atoms with van der Waals surface area (Å²) in [6.45, 7) is 4.31. The molecule has 6 heteroatoms. The quantitative estimate of drug-likeness (QED) is 0.708. The van der Waals surface area contributed by atoms with E-state index in [1.807, 2.05) is 66.7 Å². The fourth-order valence-corrected chi connectivity index (χ4v) is 3.18. The van der Waals surface area contributed by atoms with Gasteiger partial charge in [-0.05, 0) is 30.8 Å². The van der Waals surface area contributed by atoms with E-state index in [1.54, 1.807) is 0 Å². The number of carbonyl (C=O) groups excluding carboxylic acids is 2. The highest BCUT2D eigenvalue weighted by atomic mass is 16.2. The minimum Gasteiger partial charge on any atom is -0.343 e. The van der Waals surface area contributed by atoms with Crippen LogP contribution in [0.4, 0.5) is 5.69 Å². The summed E-state index contributed by atoms with van der Waals surface area (Å²) in [7, 11) is 2.11. The predicted octanol–water partition coefficient (Wildman–Crippen LogP) is 2.07. The molecular weight excluding hydrogens is 364 g/mol. The average molecular weight is 393 g/mol. The highest BCUT2D eigenvalue weighted by molar-refractivity contribution is 6.01. The first kappa shape index (κ1) is 20.8. The Morgan fingerprint density at radius 1 is 0.931 bits per heavy atom. The minimum absolute atomic E-state index is 0.0669. The number of benzene rings is 2. The first-order valence-corrected chi connectivity index (χ1v) is 9.90. The van der Waals surface area contributed by atoms with E-state index in [2.05, 4.69) is 27.5 Å². The van der Waals surface area contributed by atoms with Gasteiger partial charge in [0.15, 0.2) is 0 Å². The third-order valence-corrected chi connectivity index (χ3v) is 4.89. The van der Waals surface area contributed by atoms with Gasteiger partial charge in [0.05, 0.1) is 6.54 Å². The zero-order valence-electron chi connectivity index (χ0n) is 16.8. The third kappa shape index (κ3) is 6.85. The molecule has 1 saturated heterocycles. The van der Waals surface area contributed by atoms with Gasteiger partial charge in [-0.15, -0.1) is 0 Å². The van der Waals surface area contributed by atoms with Gasteiger partial charge in [-0.2, -0.15) is 0 Å². The molecule has 0 saturated carbocycles. The Morgan fingerprint density at radius 2 is 1.55 bits per heavy atom. The van der Waals surface area contributed by atoms with E-state index in [0.29, 0.717) is 17.8 Å². The lowest BCUT2D eigenvalue weighted by Crippen LogP contribution is -2.46. The molecule has 0 radical (unpaired) electrons. The number of amides is 2. The second kappa shape index (κ2) is 10.5. The number of carbonyl (C=O) groups is 2. The van der Waals surface area contributed by atoms with Crippen LogP contribution in [0.5, 0.6) is 0 Å². The summed E-state index contributed by atoms with van der Waals surface area (Å²) >= 11 is 0. The van der Waals surface area contributed by atoms with Crippen LogP contribution in [-0.4, -0.2) is 67.9 Å². The van der Waals surface area contributed by atoms with Gasteiger partial charge in [0.1, 0.15) is 0 Å². The molecule has 152 valence electrons. The van der Waals surface area contributed by atoms with E-state index >= 15 is 0 Å². The third-order valence-electron chi connectivity index (χ3n) is 4.89. The maximum atomic E-state index is 12.8. The monoisotopic (exact) mass is 392 g/mol. The maximum absolute atomic E-state index is 12.8. The van der Waals surface area contributed by atoms with E-state index in [-0.39, 0.29) is 18.4 Å². The van der Waals surface area contributed by atoms with Crippen molar-refractivity contribution in [3.8, 4) is 0 Å². The molecule has 0 bridgehead atoms. The van der Waals surface area contributed by atoms with Gasteiger partial charge in [0.25, 0.3) is 0 Å². The molecule has 2 aromatic rings. The lowest BCUT2D eigenvalue weighted by molar-refractivity contribution is -0.121. The van der Waals surface area contributed by atoms with Crippen LogP contribution in [-0.2, 0) is 9.59 Å². The van der Waals surface area contributed by atoms with Crippen LogP contribution in [0.15, 0.2) is 66.2 Å². The van der Waals surface area contributed by atoms with Crippen molar-refractivity contribution in [2.75, 3.05) is 51.6 Å². The molecule has 2 aromatic carbocycles. The summed E-state index contributed by atoms with van der Waals surface area (Å²) in [6, 6.07) is 19.0. The van der Waals surface area contributed by atoms with Gasteiger partial charge in [-0.3, -0.25) is 14.5 Å². The lowest BCUT2D eigenvalue weighted by atomic mass is 10.1. The number of rotatable bonds is 7. The lowest BCUT2D eigenvalue weighted by Gasteiger charge is -2.32. The SMILES string of the molecule is CN1CCN(C/C(=C\c2ccccc2)C(=O)NCC(=O)Nc2ccccc2)CC1. The molecule has 0 aromatic heterocycles. The molecule has 29 heavy (non-hydrogen) atoms. The smallest absolute Gasteiger partial charge is 0.248 e. The second-order valence-electron chi connectivity index (χ2n) is 7.26. The largest absolute Gasteiger partial charge is 0.343 e. The first-order chi connectivity index (χ1) is 14.1. The summed E-state index contributed by atoms with van der Waals surface area (Å²) in [6.07, 6.45) is 1.91. The van der Waals surface area contributed by atoms with Crippen molar-refractivity contribution < 1.29 is 9.59 Å². The van der Waals surface area contributed by atoms with Gasteiger partial charge >= 0.3 is 0 Å². The van der Waals surface area contributed by atoms with Crippen LogP contribution < -0.4 is 10.6 Å². The zero-order chi connectivity index (χ0) is 20.5. The Labute approximate surface area is 172 Å². The second-order valence-corrected chi connectivity index (χ2v) is 7.26. The molecule has 0 aliphatic carbocycles. The van der Waals surface area contributed by atoms with Crippen molar-refractivity contribution in [3.05, 3.63) is 71.8 Å². The average Bonchev–Trinajstić information content (AvgIpc) is 2.74. The Balaban J connectivity index is 1.62.